The van der Waals surface area contributed by atoms with Gasteiger partial charge in [-0.25, -0.2) is 0 Å². The minimum Gasteiger partial charge on any atom is -0.501 e. The van der Waals surface area contributed by atoms with E-state index in [1.807, 2.05) is 6.26 Å². The van der Waals surface area contributed by atoms with Crippen LogP contribution in [0.4, 0.5) is 0 Å². The Labute approximate surface area is 95.4 Å². The number of ether oxygens (including phenoxy) is 1. The molecule has 0 unspecified atom stereocenters. The highest BCUT2D eigenvalue weighted by molar-refractivity contribution is 5.83. The van der Waals surface area contributed by atoms with Crippen LogP contribution in [-0.2, 0) is 4.74 Å². The summed E-state index contributed by atoms with van der Waals surface area (Å²) in [6, 6.07) is 15.2. The Bertz CT molecular complexity index is 528. The summed E-state index contributed by atoms with van der Waals surface area (Å²) in [4.78, 5) is 0. The molecule has 1 aliphatic rings. The monoisotopic (exact) mass is 210 g/mol. The summed E-state index contributed by atoms with van der Waals surface area (Å²) in [6.45, 7) is 0.827. The molecule has 1 nitrogen and oxygen atoms in total. The molecule has 0 amide bonds. The van der Waals surface area contributed by atoms with Crippen molar-refractivity contribution in [1.82, 2.24) is 0 Å². The molecule has 16 heavy (non-hydrogen) atoms. The van der Waals surface area contributed by atoms with Gasteiger partial charge < -0.3 is 4.74 Å². The molecule has 0 aliphatic carbocycles. The van der Waals surface area contributed by atoms with Crippen molar-refractivity contribution in [2.45, 2.75) is 12.3 Å². The maximum atomic E-state index is 5.23. The van der Waals surface area contributed by atoms with Gasteiger partial charge in [-0.1, -0.05) is 42.5 Å². The lowest BCUT2D eigenvalue weighted by molar-refractivity contribution is 0.223. The smallest absolute Gasteiger partial charge is 0.0882 e. The van der Waals surface area contributed by atoms with Crippen LogP contribution in [0.15, 0.2) is 54.8 Å². The first-order chi connectivity index (χ1) is 7.93. The average molecular weight is 210 g/mol. The van der Waals surface area contributed by atoms with Gasteiger partial charge in [-0.3, -0.25) is 0 Å². The predicted octanol–water partition coefficient (Wildman–Crippen LogP) is 3.86. The van der Waals surface area contributed by atoms with Gasteiger partial charge in [0.25, 0.3) is 0 Å². The molecule has 0 saturated heterocycles. The summed E-state index contributed by atoms with van der Waals surface area (Å²) in [5.41, 5.74) is 1.39. The molecule has 0 fully saturated rings. The Morgan fingerprint density at radius 1 is 1.00 bits per heavy atom. The zero-order chi connectivity index (χ0) is 10.8. The molecule has 0 aromatic heterocycles. The standard InChI is InChI=1S/C15H14O/c1-2-4-14-11-15(6-5-12(14)3-1)13-7-9-16-10-8-13/h1-7,9,11,13H,8,10H2/t13-/m1/s1. The lowest BCUT2D eigenvalue weighted by Gasteiger charge is -2.17. The Hall–Kier alpha value is -1.76. The Morgan fingerprint density at radius 3 is 2.69 bits per heavy atom. The number of fused-ring (bicyclic) bond motifs is 1. The van der Waals surface area contributed by atoms with Gasteiger partial charge in [-0.2, -0.15) is 0 Å². The van der Waals surface area contributed by atoms with Crippen LogP contribution in [0.1, 0.15) is 17.9 Å². The fourth-order valence-corrected chi connectivity index (χ4v) is 2.23. The summed E-state index contributed by atoms with van der Waals surface area (Å²) in [5, 5.41) is 2.63. The molecule has 0 bridgehead atoms. The van der Waals surface area contributed by atoms with Crippen molar-refractivity contribution in [3.8, 4) is 0 Å². The van der Waals surface area contributed by atoms with Crippen LogP contribution in [0.25, 0.3) is 10.8 Å². The number of benzene rings is 2. The lowest BCUT2D eigenvalue weighted by atomic mass is 9.93. The molecule has 3 rings (SSSR count). The van der Waals surface area contributed by atoms with Crippen LogP contribution >= 0.6 is 0 Å². The summed E-state index contributed by atoms with van der Waals surface area (Å²) in [6.07, 6.45) is 5.05. The maximum absolute atomic E-state index is 5.23. The third kappa shape index (κ3) is 1.69. The van der Waals surface area contributed by atoms with Crippen LogP contribution in [-0.4, -0.2) is 6.61 Å². The van der Waals surface area contributed by atoms with E-state index in [0.717, 1.165) is 13.0 Å². The molecule has 1 atom stereocenters. The van der Waals surface area contributed by atoms with Crippen molar-refractivity contribution < 1.29 is 4.74 Å². The second-order valence-electron chi connectivity index (χ2n) is 4.20. The zero-order valence-electron chi connectivity index (χ0n) is 9.10. The average Bonchev–Trinajstić information content (AvgIpc) is 2.39. The van der Waals surface area contributed by atoms with Crippen LogP contribution in [0.2, 0.25) is 0 Å². The SMILES string of the molecule is C1=C[C@@H](c2ccc3ccccc3c2)CCO1. The number of hydrogen-bond donors (Lipinski definition) is 0. The molecule has 1 aliphatic heterocycles. The van der Waals surface area contributed by atoms with Crippen molar-refractivity contribution in [1.29, 1.82) is 0 Å². The van der Waals surface area contributed by atoms with Gasteiger partial charge in [0.2, 0.25) is 0 Å². The van der Waals surface area contributed by atoms with Crippen molar-refractivity contribution in [2.75, 3.05) is 6.61 Å². The fourth-order valence-electron chi connectivity index (χ4n) is 2.23. The molecule has 0 radical (unpaired) electrons. The minimum absolute atomic E-state index is 0.512. The van der Waals surface area contributed by atoms with Crippen molar-refractivity contribution in [3.05, 3.63) is 60.4 Å². The molecule has 2 aromatic rings. The van der Waals surface area contributed by atoms with Crippen LogP contribution < -0.4 is 0 Å². The van der Waals surface area contributed by atoms with Gasteiger partial charge in [0.05, 0.1) is 12.9 Å². The number of allylic oxidation sites excluding steroid dienone is 1. The van der Waals surface area contributed by atoms with Crippen molar-refractivity contribution in [3.63, 3.8) is 0 Å². The molecule has 80 valence electrons. The second kappa shape index (κ2) is 4.01. The van der Waals surface area contributed by atoms with Gasteiger partial charge in [-0.15, -0.1) is 0 Å². The summed E-state index contributed by atoms with van der Waals surface area (Å²) >= 11 is 0. The molecule has 0 spiro atoms. The summed E-state index contributed by atoms with van der Waals surface area (Å²) < 4.78 is 5.23. The third-order valence-corrected chi connectivity index (χ3v) is 3.16. The molecular weight excluding hydrogens is 196 g/mol. The van der Waals surface area contributed by atoms with E-state index in [4.69, 9.17) is 4.74 Å². The lowest BCUT2D eigenvalue weighted by Crippen LogP contribution is -2.04. The first-order valence-corrected chi connectivity index (χ1v) is 5.70. The van der Waals surface area contributed by atoms with E-state index in [2.05, 4.69) is 48.5 Å². The highest BCUT2D eigenvalue weighted by atomic mass is 16.5. The minimum atomic E-state index is 0.512. The first-order valence-electron chi connectivity index (χ1n) is 5.70. The number of hydrogen-bond acceptors (Lipinski definition) is 1. The number of rotatable bonds is 1. The van der Waals surface area contributed by atoms with Gasteiger partial charge in [0, 0.05) is 5.92 Å². The second-order valence-corrected chi connectivity index (χ2v) is 4.20. The molecule has 1 heteroatoms. The first kappa shape index (κ1) is 9.46. The van der Waals surface area contributed by atoms with Crippen LogP contribution in [0, 0.1) is 0 Å². The largest absolute Gasteiger partial charge is 0.501 e. The van der Waals surface area contributed by atoms with Crippen molar-refractivity contribution in [2.24, 2.45) is 0 Å². The van der Waals surface area contributed by atoms with E-state index in [-0.39, 0.29) is 0 Å². The van der Waals surface area contributed by atoms with Gasteiger partial charge >= 0.3 is 0 Å². The summed E-state index contributed by atoms with van der Waals surface area (Å²) in [5.74, 6) is 0.512. The van der Waals surface area contributed by atoms with E-state index in [1.54, 1.807) is 0 Å². The Balaban J connectivity index is 2.04. The quantitative estimate of drug-likeness (QED) is 0.694. The fraction of sp³-hybridized carbons (Fsp3) is 0.200. The third-order valence-electron chi connectivity index (χ3n) is 3.16. The van der Waals surface area contributed by atoms with E-state index in [1.165, 1.54) is 16.3 Å². The maximum Gasteiger partial charge on any atom is 0.0882 e. The zero-order valence-corrected chi connectivity index (χ0v) is 9.10. The molecule has 2 aromatic carbocycles. The Morgan fingerprint density at radius 2 is 1.88 bits per heavy atom. The highest BCUT2D eigenvalue weighted by Crippen LogP contribution is 2.27. The molecular formula is C15H14O. The van der Waals surface area contributed by atoms with Gasteiger partial charge in [0.1, 0.15) is 0 Å². The van der Waals surface area contributed by atoms with E-state index in [0.29, 0.717) is 5.92 Å². The molecule has 1 heterocycles. The normalized spacial score (nSPS) is 19.6. The van der Waals surface area contributed by atoms with E-state index in [9.17, 15) is 0 Å². The molecule has 0 saturated carbocycles. The van der Waals surface area contributed by atoms with Gasteiger partial charge in [0.15, 0.2) is 0 Å². The van der Waals surface area contributed by atoms with E-state index >= 15 is 0 Å². The Kier molecular flexibility index (Phi) is 2.37. The highest BCUT2D eigenvalue weighted by Gasteiger charge is 2.11. The van der Waals surface area contributed by atoms with Crippen LogP contribution in [0.5, 0.6) is 0 Å². The van der Waals surface area contributed by atoms with Crippen molar-refractivity contribution >= 4 is 10.8 Å². The molecule has 0 N–H and O–H groups in total. The topological polar surface area (TPSA) is 9.23 Å². The summed E-state index contributed by atoms with van der Waals surface area (Å²) in [7, 11) is 0. The van der Waals surface area contributed by atoms with Crippen LogP contribution in [0.3, 0.4) is 0 Å². The van der Waals surface area contributed by atoms with Gasteiger partial charge in [-0.05, 0) is 28.8 Å². The predicted molar refractivity (Wildman–Crippen MR) is 66.4 cm³/mol. The van der Waals surface area contributed by atoms with E-state index < -0.39 is 0 Å².